The number of carbonyl (C=O) groups is 1. The lowest BCUT2D eigenvalue weighted by Gasteiger charge is -2.26. The highest BCUT2D eigenvalue weighted by molar-refractivity contribution is 5.89. The van der Waals surface area contributed by atoms with Crippen molar-refractivity contribution in [2.45, 2.75) is 26.2 Å². The van der Waals surface area contributed by atoms with E-state index in [-0.39, 0.29) is 11.2 Å². The Kier molecular flexibility index (Phi) is 8.14. The third-order valence-electron chi connectivity index (χ3n) is 5.38. The lowest BCUT2D eigenvalue weighted by molar-refractivity contribution is -0.136. The van der Waals surface area contributed by atoms with Gasteiger partial charge in [-0.1, -0.05) is 68.4 Å². The Morgan fingerprint density at radius 1 is 0.818 bits per heavy atom. The predicted molar refractivity (Wildman–Crippen MR) is 130 cm³/mol. The first-order valence-corrected chi connectivity index (χ1v) is 11.0. The normalized spacial score (nSPS) is 11.7. The van der Waals surface area contributed by atoms with Crippen LogP contribution in [0.5, 0.6) is 11.5 Å². The summed E-state index contributed by atoms with van der Waals surface area (Å²) >= 11 is 0. The van der Waals surface area contributed by atoms with Crippen LogP contribution in [0.2, 0.25) is 0 Å². The summed E-state index contributed by atoms with van der Waals surface area (Å²) in [6, 6.07) is 25.8. The predicted octanol–water partition coefficient (Wildman–Crippen LogP) is 5.93. The molecule has 3 aromatic rings. The number of ether oxygens (including phenoxy) is 3. The zero-order valence-electron chi connectivity index (χ0n) is 19.3. The molecule has 0 unspecified atom stereocenters. The molecule has 33 heavy (non-hydrogen) atoms. The van der Waals surface area contributed by atoms with E-state index in [9.17, 15) is 4.79 Å². The molecule has 0 fully saturated rings. The molecule has 0 radical (unpaired) electrons. The van der Waals surface area contributed by atoms with Gasteiger partial charge in [0.1, 0.15) is 24.7 Å². The molecule has 0 aliphatic heterocycles. The zero-order chi connectivity index (χ0) is 23.7. The molecular formula is C28H30O5. The summed E-state index contributed by atoms with van der Waals surface area (Å²) in [5.74, 6) is 0.302. The van der Waals surface area contributed by atoms with Crippen LogP contribution in [0.1, 0.15) is 37.5 Å². The maximum absolute atomic E-state index is 11.2. The van der Waals surface area contributed by atoms with Crippen molar-refractivity contribution in [3.63, 3.8) is 0 Å². The minimum atomic E-state index is -1.09. The maximum Gasteiger partial charge on any atom is 0.371 e. The van der Waals surface area contributed by atoms with E-state index >= 15 is 0 Å². The largest absolute Gasteiger partial charge is 0.490 e. The molecule has 3 aromatic carbocycles. The van der Waals surface area contributed by atoms with Crippen molar-refractivity contribution in [2.24, 2.45) is 0 Å². The Hall–Kier alpha value is -3.73. The van der Waals surface area contributed by atoms with Crippen LogP contribution in [0.4, 0.5) is 0 Å². The molecule has 0 aliphatic rings. The van der Waals surface area contributed by atoms with E-state index in [1.54, 1.807) is 31.2 Å². The summed E-state index contributed by atoms with van der Waals surface area (Å²) in [5.41, 5.74) is 3.13. The van der Waals surface area contributed by atoms with Crippen LogP contribution >= 0.6 is 0 Å². The van der Waals surface area contributed by atoms with E-state index in [1.165, 1.54) is 17.2 Å². The molecule has 0 saturated heterocycles. The SMILES string of the molecule is CCOC(=Cc1ccc(OCCOc2ccc(C(C)(C)c3ccccc3)cc2)cc1)C(=O)O. The molecule has 0 amide bonds. The Morgan fingerprint density at radius 3 is 1.85 bits per heavy atom. The van der Waals surface area contributed by atoms with Gasteiger partial charge in [0.25, 0.3) is 0 Å². The van der Waals surface area contributed by atoms with Crippen molar-refractivity contribution in [2.75, 3.05) is 19.8 Å². The summed E-state index contributed by atoms with van der Waals surface area (Å²) in [7, 11) is 0. The fourth-order valence-electron chi connectivity index (χ4n) is 3.44. The first-order chi connectivity index (χ1) is 15.9. The molecule has 172 valence electrons. The van der Waals surface area contributed by atoms with Gasteiger partial charge >= 0.3 is 5.97 Å². The van der Waals surface area contributed by atoms with E-state index in [2.05, 4.69) is 50.2 Å². The molecule has 0 saturated carbocycles. The van der Waals surface area contributed by atoms with E-state index in [4.69, 9.17) is 19.3 Å². The molecule has 0 aliphatic carbocycles. The summed E-state index contributed by atoms with van der Waals surface area (Å²) in [6.07, 6.45) is 1.49. The first-order valence-electron chi connectivity index (χ1n) is 11.0. The van der Waals surface area contributed by atoms with Gasteiger partial charge in [0.15, 0.2) is 0 Å². The van der Waals surface area contributed by atoms with Crippen LogP contribution < -0.4 is 9.47 Å². The molecule has 1 N–H and O–H groups in total. The van der Waals surface area contributed by atoms with Gasteiger partial charge in [0, 0.05) is 5.41 Å². The second-order valence-corrected chi connectivity index (χ2v) is 8.03. The highest BCUT2D eigenvalue weighted by Gasteiger charge is 2.22. The van der Waals surface area contributed by atoms with Crippen LogP contribution in [-0.4, -0.2) is 30.9 Å². The van der Waals surface area contributed by atoms with Gasteiger partial charge in [-0.3, -0.25) is 0 Å². The molecule has 0 spiro atoms. The quantitative estimate of drug-likeness (QED) is 0.225. The summed E-state index contributed by atoms with van der Waals surface area (Å²) in [4.78, 5) is 11.2. The molecule has 0 atom stereocenters. The molecule has 3 rings (SSSR count). The zero-order valence-corrected chi connectivity index (χ0v) is 19.3. The Bertz CT molecular complexity index is 1050. The molecule has 5 nitrogen and oxygen atoms in total. The number of carboxylic acid groups (broad SMARTS) is 1. The van der Waals surface area contributed by atoms with Crippen LogP contribution in [-0.2, 0) is 14.9 Å². The van der Waals surface area contributed by atoms with Crippen LogP contribution in [0.15, 0.2) is 84.6 Å². The minimum absolute atomic E-state index is 0.0852. The van der Waals surface area contributed by atoms with Crippen molar-refractivity contribution in [3.05, 3.63) is 101 Å². The number of benzene rings is 3. The van der Waals surface area contributed by atoms with E-state index in [0.717, 1.165) is 11.3 Å². The Labute approximate surface area is 195 Å². The monoisotopic (exact) mass is 446 g/mol. The lowest BCUT2D eigenvalue weighted by atomic mass is 9.78. The van der Waals surface area contributed by atoms with Gasteiger partial charge in [-0.15, -0.1) is 0 Å². The number of rotatable bonds is 11. The second kappa shape index (κ2) is 11.2. The molecule has 0 heterocycles. The Balaban J connectivity index is 1.49. The van der Waals surface area contributed by atoms with Gasteiger partial charge in [-0.05, 0) is 54.0 Å². The maximum atomic E-state index is 11.2. The van der Waals surface area contributed by atoms with Gasteiger partial charge in [-0.25, -0.2) is 4.79 Å². The number of hydrogen-bond acceptors (Lipinski definition) is 4. The van der Waals surface area contributed by atoms with E-state index in [0.29, 0.717) is 25.6 Å². The fourth-order valence-corrected chi connectivity index (χ4v) is 3.44. The molecule has 0 bridgehead atoms. The van der Waals surface area contributed by atoms with E-state index in [1.807, 2.05) is 18.2 Å². The van der Waals surface area contributed by atoms with Crippen molar-refractivity contribution < 1.29 is 24.1 Å². The van der Waals surface area contributed by atoms with Gasteiger partial charge in [0.05, 0.1) is 6.61 Å². The average Bonchev–Trinajstić information content (AvgIpc) is 2.83. The van der Waals surface area contributed by atoms with Crippen molar-refractivity contribution in [1.82, 2.24) is 0 Å². The average molecular weight is 447 g/mol. The van der Waals surface area contributed by atoms with Gasteiger partial charge in [-0.2, -0.15) is 0 Å². The molecule has 5 heteroatoms. The number of carboxylic acids is 1. The van der Waals surface area contributed by atoms with Crippen molar-refractivity contribution >= 4 is 12.0 Å². The Morgan fingerprint density at radius 2 is 1.33 bits per heavy atom. The second-order valence-electron chi connectivity index (χ2n) is 8.03. The number of aliphatic carboxylic acids is 1. The summed E-state index contributed by atoms with van der Waals surface area (Å²) in [5, 5.41) is 9.13. The smallest absolute Gasteiger partial charge is 0.371 e. The highest BCUT2D eigenvalue weighted by atomic mass is 16.5. The topological polar surface area (TPSA) is 65.0 Å². The van der Waals surface area contributed by atoms with Crippen LogP contribution in [0.25, 0.3) is 6.08 Å². The lowest BCUT2D eigenvalue weighted by Crippen LogP contribution is -2.18. The molecule has 0 aromatic heterocycles. The van der Waals surface area contributed by atoms with Crippen molar-refractivity contribution in [3.8, 4) is 11.5 Å². The third kappa shape index (κ3) is 6.62. The van der Waals surface area contributed by atoms with Gasteiger partial charge in [0.2, 0.25) is 5.76 Å². The minimum Gasteiger partial charge on any atom is -0.490 e. The fraction of sp³-hybridized carbons (Fsp3) is 0.250. The first kappa shape index (κ1) is 23.9. The van der Waals surface area contributed by atoms with Gasteiger partial charge < -0.3 is 19.3 Å². The molecular weight excluding hydrogens is 416 g/mol. The number of hydrogen-bond donors (Lipinski definition) is 1. The summed E-state index contributed by atoms with van der Waals surface area (Å²) < 4.78 is 16.7. The standard InChI is InChI=1S/C28H30O5/c1-4-31-26(27(29)30)20-21-10-14-24(15-11-21)32-18-19-33-25-16-12-23(13-17-25)28(2,3)22-8-6-5-7-9-22/h5-17,20H,4,18-19H2,1-3H3,(H,29,30). The van der Waals surface area contributed by atoms with Crippen LogP contribution in [0, 0.1) is 0 Å². The van der Waals surface area contributed by atoms with Crippen LogP contribution in [0.3, 0.4) is 0 Å². The summed E-state index contributed by atoms with van der Waals surface area (Å²) in [6.45, 7) is 7.28. The third-order valence-corrected chi connectivity index (χ3v) is 5.38. The van der Waals surface area contributed by atoms with E-state index < -0.39 is 5.97 Å². The highest BCUT2D eigenvalue weighted by Crippen LogP contribution is 2.32. The van der Waals surface area contributed by atoms with Crippen molar-refractivity contribution in [1.29, 1.82) is 0 Å².